The lowest BCUT2D eigenvalue weighted by Crippen LogP contribution is -2.31. The van der Waals surface area contributed by atoms with Crippen molar-refractivity contribution in [2.45, 2.75) is 29.6 Å². The summed E-state index contributed by atoms with van der Waals surface area (Å²) in [4.78, 5) is 12.0. The molecule has 1 N–H and O–H groups in total. The Kier molecular flexibility index (Phi) is 8.02. The van der Waals surface area contributed by atoms with Crippen LogP contribution in [-0.4, -0.2) is 27.3 Å². The summed E-state index contributed by atoms with van der Waals surface area (Å²) in [6.45, 7) is 1.31. The van der Waals surface area contributed by atoms with Gasteiger partial charge in [0.25, 0.3) is 5.91 Å². The second kappa shape index (κ2) is 10.5. The number of nitrogens with zero attached hydrogens (tertiary/aromatic N) is 3. The number of halogens is 8. The zero-order valence-electron chi connectivity index (χ0n) is 17.7. The molecular weight excluding hydrogens is 557 g/mol. The van der Waals surface area contributed by atoms with Crippen molar-refractivity contribution in [2.24, 2.45) is 0 Å². The molecule has 0 bridgehead atoms. The maximum atomic E-state index is 13.3. The molecule has 1 amide bonds. The summed E-state index contributed by atoms with van der Waals surface area (Å²) in [6.07, 6.45) is -6.07. The number of rotatable bonds is 6. The maximum Gasteiger partial charge on any atom is 0.446 e. The van der Waals surface area contributed by atoms with Gasteiger partial charge in [0, 0.05) is 0 Å². The zero-order valence-corrected chi connectivity index (χ0v) is 20.0. The number of anilines is 1. The van der Waals surface area contributed by atoms with Gasteiger partial charge in [-0.25, -0.2) is 4.68 Å². The SMILES string of the molecule is CC(Oc1ccccc1)C(=O)Nc1c(SC(F)(F)F)c(C#N)nn1-c1c(Cl)cc(C(F)(F)F)cc1Cl. The summed E-state index contributed by atoms with van der Waals surface area (Å²) in [5, 5.41) is 14.0. The number of hydrogen-bond donors (Lipinski definition) is 1. The van der Waals surface area contributed by atoms with Gasteiger partial charge >= 0.3 is 11.7 Å². The number of amides is 1. The Morgan fingerprint density at radius 1 is 1.14 bits per heavy atom. The highest BCUT2D eigenvalue weighted by atomic mass is 35.5. The highest BCUT2D eigenvalue weighted by Gasteiger charge is 2.37. The molecule has 3 rings (SSSR count). The van der Waals surface area contributed by atoms with Gasteiger partial charge in [0.15, 0.2) is 17.6 Å². The lowest BCUT2D eigenvalue weighted by molar-refractivity contribution is -0.137. The second-order valence-corrected chi connectivity index (χ2v) is 8.84. The molecule has 1 atom stereocenters. The predicted molar refractivity (Wildman–Crippen MR) is 120 cm³/mol. The van der Waals surface area contributed by atoms with Crippen LogP contribution in [0.15, 0.2) is 47.4 Å². The third kappa shape index (κ3) is 6.37. The minimum atomic E-state index is -4.92. The van der Waals surface area contributed by atoms with E-state index in [-0.39, 0.29) is 5.75 Å². The quantitative estimate of drug-likeness (QED) is 0.254. The molecule has 1 unspecified atom stereocenters. The fourth-order valence-electron chi connectivity index (χ4n) is 2.87. The van der Waals surface area contributed by atoms with E-state index in [1.807, 2.05) is 0 Å². The number of hydrogen-bond acceptors (Lipinski definition) is 5. The standard InChI is InChI=1S/C21H12Cl2F6N4O2S/c1-10(35-12-5-3-2-4-6-12)19(34)31-18-17(36-21(27,28)29)15(9-30)32-33(18)16-13(22)7-11(8-14(16)23)20(24,25)26/h2-8,10H,1H3,(H,31,34). The van der Waals surface area contributed by atoms with Crippen molar-refractivity contribution in [3.05, 3.63) is 63.8 Å². The first-order valence-corrected chi connectivity index (χ1v) is 11.2. The molecule has 36 heavy (non-hydrogen) atoms. The minimum Gasteiger partial charge on any atom is -0.481 e. The number of benzene rings is 2. The molecule has 0 aliphatic rings. The topological polar surface area (TPSA) is 79.9 Å². The molecule has 1 heterocycles. The van der Waals surface area contributed by atoms with Crippen LogP contribution in [0.3, 0.4) is 0 Å². The molecule has 1 aromatic heterocycles. The molecule has 2 aromatic carbocycles. The number of nitrogens with one attached hydrogen (secondary N) is 1. The van der Waals surface area contributed by atoms with Crippen LogP contribution in [0.2, 0.25) is 10.0 Å². The molecule has 0 saturated heterocycles. The van der Waals surface area contributed by atoms with Crippen molar-refractivity contribution in [3.8, 4) is 17.5 Å². The molecule has 190 valence electrons. The number of carbonyl (C=O) groups is 1. The summed E-state index contributed by atoms with van der Waals surface area (Å²) < 4.78 is 85.2. The van der Waals surface area contributed by atoms with Crippen LogP contribution in [-0.2, 0) is 11.0 Å². The van der Waals surface area contributed by atoms with Crippen LogP contribution >= 0.6 is 35.0 Å². The monoisotopic (exact) mass is 568 g/mol. The Morgan fingerprint density at radius 3 is 2.22 bits per heavy atom. The average molecular weight is 569 g/mol. The summed E-state index contributed by atoms with van der Waals surface area (Å²) in [7, 11) is 0. The largest absolute Gasteiger partial charge is 0.481 e. The van der Waals surface area contributed by atoms with E-state index in [4.69, 9.17) is 27.9 Å². The Bertz CT molecular complexity index is 1300. The fourth-order valence-corrected chi connectivity index (χ4v) is 4.16. The lowest BCUT2D eigenvalue weighted by atomic mass is 10.2. The lowest BCUT2D eigenvalue weighted by Gasteiger charge is -2.18. The summed E-state index contributed by atoms with van der Waals surface area (Å²) in [5.74, 6) is -1.36. The summed E-state index contributed by atoms with van der Waals surface area (Å²) >= 11 is 11.2. The van der Waals surface area contributed by atoms with E-state index < -0.39 is 73.2 Å². The van der Waals surface area contributed by atoms with Gasteiger partial charge < -0.3 is 10.1 Å². The molecule has 3 aromatic rings. The second-order valence-electron chi connectivity index (χ2n) is 6.95. The van der Waals surface area contributed by atoms with E-state index >= 15 is 0 Å². The first-order chi connectivity index (χ1) is 16.7. The van der Waals surface area contributed by atoms with Gasteiger partial charge in [-0.15, -0.1) is 0 Å². The van der Waals surface area contributed by atoms with E-state index in [1.165, 1.54) is 25.1 Å². The van der Waals surface area contributed by atoms with E-state index in [1.54, 1.807) is 18.2 Å². The van der Waals surface area contributed by atoms with Crippen molar-refractivity contribution >= 4 is 46.7 Å². The number of aromatic nitrogens is 2. The molecule has 6 nitrogen and oxygen atoms in total. The van der Waals surface area contributed by atoms with Gasteiger partial charge in [-0.2, -0.15) is 36.7 Å². The van der Waals surface area contributed by atoms with Crippen molar-refractivity contribution < 1.29 is 35.9 Å². The number of nitriles is 1. The molecule has 0 aliphatic heterocycles. The smallest absolute Gasteiger partial charge is 0.446 e. The first kappa shape index (κ1) is 27.5. The van der Waals surface area contributed by atoms with Gasteiger partial charge in [0.05, 0.1) is 20.5 Å². The molecular formula is C21H12Cl2F6N4O2S. The van der Waals surface area contributed by atoms with E-state index in [0.717, 1.165) is 0 Å². The molecule has 15 heteroatoms. The third-order valence-electron chi connectivity index (χ3n) is 4.39. The van der Waals surface area contributed by atoms with E-state index in [2.05, 4.69) is 10.4 Å². The van der Waals surface area contributed by atoms with Gasteiger partial charge in [0.2, 0.25) is 0 Å². The zero-order chi connectivity index (χ0) is 26.8. The molecule has 0 radical (unpaired) electrons. The van der Waals surface area contributed by atoms with Crippen molar-refractivity contribution in [2.75, 3.05) is 5.32 Å². The van der Waals surface area contributed by atoms with Crippen LogP contribution < -0.4 is 10.1 Å². The van der Waals surface area contributed by atoms with Crippen LogP contribution in [0.25, 0.3) is 5.69 Å². The van der Waals surface area contributed by atoms with Crippen molar-refractivity contribution in [3.63, 3.8) is 0 Å². The Labute approximate surface area is 213 Å². The maximum absolute atomic E-state index is 13.3. The van der Waals surface area contributed by atoms with Gasteiger partial charge in [-0.1, -0.05) is 41.4 Å². The highest BCUT2D eigenvalue weighted by molar-refractivity contribution is 8.00. The number of ether oxygens (including phenoxy) is 1. The molecule has 0 fully saturated rings. The van der Waals surface area contributed by atoms with Crippen LogP contribution in [0.4, 0.5) is 32.2 Å². The normalized spacial score (nSPS) is 12.7. The number of alkyl halides is 6. The Morgan fingerprint density at radius 2 is 1.72 bits per heavy atom. The third-order valence-corrected chi connectivity index (χ3v) is 5.79. The molecule has 0 aliphatic carbocycles. The number of para-hydroxylation sites is 1. The van der Waals surface area contributed by atoms with Crippen LogP contribution in [0, 0.1) is 11.3 Å². The molecule has 0 saturated carbocycles. The number of thioether (sulfide) groups is 1. The van der Waals surface area contributed by atoms with Gasteiger partial charge in [-0.05, 0) is 43.0 Å². The predicted octanol–water partition coefficient (Wildman–Crippen LogP) is 7.09. The van der Waals surface area contributed by atoms with E-state index in [0.29, 0.717) is 16.8 Å². The minimum absolute atomic E-state index is 0.282. The molecule has 0 spiro atoms. The average Bonchev–Trinajstić information content (AvgIpc) is 3.08. The van der Waals surface area contributed by atoms with Gasteiger partial charge in [-0.3, -0.25) is 4.79 Å². The first-order valence-electron chi connectivity index (χ1n) is 9.59. The van der Waals surface area contributed by atoms with Crippen LogP contribution in [0.5, 0.6) is 5.75 Å². The Balaban J connectivity index is 2.12. The summed E-state index contributed by atoms with van der Waals surface area (Å²) in [6, 6.07) is 10.5. The van der Waals surface area contributed by atoms with Gasteiger partial charge in [0.1, 0.15) is 17.5 Å². The number of carbonyl (C=O) groups excluding carboxylic acids is 1. The van der Waals surface area contributed by atoms with Crippen LogP contribution in [0.1, 0.15) is 18.2 Å². The highest BCUT2D eigenvalue weighted by Crippen LogP contribution is 2.45. The van der Waals surface area contributed by atoms with Crippen molar-refractivity contribution in [1.82, 2.24) is 9.78 Å². The fraction of sp³-hybridized carbons (Fsp3) is 0.190. The Hall–Kier alpha value is -3.08. The summed E-state index contributed by atoms with van der Waals surface area (Å²) in [5.41, 5.74) is -7.41. The van der Waals surface area contributed by atoms with Crippen molar-refractivity contribution in [1.29, 1.82) is 5.26 Å². The van der Waals surface area contributed by atoms with E-state index in [9.17, 15) is 36.4 Å².